The van der Waals surface area contributed by atoms with Crippen LogP contribution < -0.4 is 11.1 Å². The third-order valence-electron chi connectivity index (χ3n) is 6.76. The van der Waals surface area contributed by atoms with Crippen molar-refractivity contribution in [3.63, 3.8) is 0 Å². The number of hydrogen-bond acceptors (Lipinski definition) is 4. The van der Waals surface area contributed by atoms with E-state index < -0.39 is 23.6 Å². The first-order valence-electron chi connectivity index (χ1n) is 12.6. The number of aryl methyl sites for hydroxylation is 1. The second kappa shape index (κ2) is 11.0. The Bertz CT molecular complexity index is 1730. The number of nitrogens with one attached hydrogen (secondary N) is 2. The summed E-state index contributed by atoms with van der Waals surface area (Å²) in [5.74, 6) is -2.29. The maximum atomic E-state index is 14.1. The molecule has 5 N–H and O–H groups in total. The van der Waals surface area contributed by atoms with E-state index in [0.717, 1.165) is 11.6 Å². The Kier molecular flexibility index (Phi) is 7.29. The van der Waals surface area contributed by atoms with Gasteiger partial charge in [-0.3, -0.25) is 14.6 Å². The predicted octanol–water partition coefficient (Wildman–Crippen LogP) is 5.26. The first-order chi connectivity index (χ1) is 19.2. The summed E-state index contributed by atoms with van der Waals surface area (Å²) in [5.41, 5.74) is 10.00. The number of rotatable bonds is 8. The van der Waals surface area contributed by atoms with Gasteiger partial charge in [-0.25, -0.2) is 8.78 Å². The summed E-state index contributed by atoms with van der Waals surface area (Å²) in [5, 5.41) is 13.9. The lowest BCUT2D eigenvalue weighted by Crippen LogP contribution is -2.32. The van der Waals surface area contributed by atoms with E-state index in [0.29, 0.717) is 44.5 Å². The lowest BCUT2D eigenvalue weighted by molar-refractivity contribution is -0.121. The maximum absolute atomic E-state index is 14.1. The van der Waals surface area contributed by atoms with Crippen molar-refractivity contribution in [2.45, 2.75) is 25.8 Å². The summed E-state index contributed by atoms with van der Waals surface area (Å²) >= 11 is 0. The van der Waals surface area contributed by atoms with Crippen LogP contribution in [0.1, 0.15) is 38.8 Å². The highest BCUT2D eigenvalue weighted by atomic mass is 19.1. The number of fused-ring (bicyclic) bond motifs is 1. The van der Waals surface area contributed by atoms with Gasteiger partial charge in [-0.05, 0) is 78.1 Å². The van der Waals surface area contributed by atoms with Gasteiger partial charge in [-0.2, -0.15) is 0 Å². The molecule has 5 rings (SSSR count). The molecule has 202 valence electrons. The standard InChI is InChI=1S/C31H26F2N4O3/c1-17-8-26-25(15-28(17)38)21(16-36-26)13-29(39)37-27(11-18-9-22(32)14-23(33)10-18)30-24(6-3-7-35-30)19-4-2-5-20(12-19)31(34)40/h2-10,12,14-16,27,36,38H,11,13H2,1H3,(H2,34,40)(H,37,39)/t27-/m0/s1. The van der Waals surface area contributed by atoms with Crippen molar-refractivity contribution in [3.05, 3.63) is 119 Å². The van der Waals surface area contributed by atoms with E-state index in [4.69, 9.17) is 5.73 Å². The number of phenols is 1. The molecule has 7 nitrogen and oxygen atoms in total. The molecule has 3 aromatic carbocycles. The van der Waals surface area contributed by atoms with Crippen LogP contribution in [0.4, 0.5) is 8.78 Å². The van der Waals surface area contributed by atoms with E-state index in [1.807, 2.05) is 0 Å². The number of aromatic amines is 1. The molecule has 2 amide bonds. The van der Waals surface area contributed by atoms with Gasteiger partial charge in [0.15, 0.2) is 0 Å². The van der Waals surface area contributed by atoms with Gasteiger partial charge in [-0.1, -0.05) is 18.2 Å². The molecule has 0 saturated heterocycles. The molecule has 5 aromatic rings. The number of carbonyl (C=O) groups excluding carboxylic acids is 2. The minimum absolute atomic E-state index is 0.0180. The Labute approximate surface area is 228 Å². The van der Waals surface area contributed by atoms with E-state index in [-0.39, 0.29) is 24.5 Å². The lowest BCUT2D eigenvalue weighted by Gasteiger charge is -2.22. The molecule has 0 bridgehead atoms. The van der Waals surface area contributed by atoms with Gasteiger partial charge in [0.2, 0.25) is 11.8 Å². The molecule has 2 aromatic heterocycles. The first-order valence-corrected chi connectivity index (χ1v) is 12.6. The molecule has 0 unspecified atom stereocenters. The molecule has 0 fully saturated rings. The number of aromatic hydroxyl groups is 1. The third kappa shape index (κ3) is 5.68. The van der Waals surface area contributed by atoms with Crippen LogP contribution in [-0.4, -0.2) is 26.9 Å². The Morgan fingerprint density at radius 1 is 1.05 bits per heavy atom. The second-order valence-corrected chi connectivity index (χ2v) is 9.66. The number of nitrogens with two attached hydrogens (primary N) is 1. The van der Waals surface area contributed by atoms with E-state index in [1.165, 1.54) is 12.1 Å². The summed E-state index contributed by atoms with van der Waals surface area (Å²) in [6.45, 7) is 1.78. The van der Waals surface area contributed by atoms with E-state index in [2.05, 4.69) is 15.3 Å². The monoisotopic (exact) mass is 540 g/mol. The summed E-state index contributed by atoms with van der Waals surface area (Å²) < 4.78 is 28.1. The van der Waals surface area contributed by atoms with Crippen LogP contribution in [0, 0.1) is 18.6 Å². The number of primary amides is 1. The average Bonchev–Trinajstić information content (AvgIpc) is 3.28. The largest absolute Gasteiger partial charge is 0.508 e. The number of nitrogens with zero attached hydrogens (tertiary/aromatic N) is 1. The molecule has 2 heterocycles. The highest BCUT2D eigenvalue weighted by Gasteiger charge is 2.22. The Morgan fingerprint density at radius 2 is 1.82 bits per heavy atom. The minimum atomic E-state index is -0.775. The summed E-state index contributed by atoms with van der Waals surface area (Å²) in [4.78, 5) is 32.8. The van der Waals surface area contributed by atoms with Gasteiger partial charge in [-0.15, -0.1) is 0 Å². The zero-order chi connectivity index (χ0) is 28.4. The van der Waals surface area contributed by atoms with Crippen LogP contribution >= 0.6 is 0 Å². The number of benzene rings is 3. The fraction of sp³-hybridized carbons (Fsp3) is 0.129. The smallest absolute Gasteiger partial charge is 0.248 e. The van der Waals surface area contributed by atoms with Crippen molar-refractivity contribution >= 4 is 22.7 Å². The predicted molar refractivity (Wildman–Crippen MR) is 148 cm³/mol. The van der Waals surface area contributed by atoms with E-state index >= 15 is 0 Å². The number of pyridine rings is 1. The fourth-order valence-electron chi connectivity index (χ4n) is 4.85. The number of amides is 2. The maximum Gasteiger partial charge on any atom is 0.248 e. The third-order valence-corrected chi connectivity index (χ3v) is 6.76. The van der Waals surface area contributed by atoms with Crippen molar-refractivity contribution in [2.24, 2.45) is 5.73 Å². The normalized spacial score (nSPS) is 11.9. The summed E-state index contributed by atoms with van der Waals surface area (Å²) in [6, 6.07) is 16.1. The van der Waals surface area contributed by atoms with Gasteiger partial charge in [0, 0.05) is 40.5 Å². The van der Waals surface area contributed by atoms with E-state index in [1.54, 1.807) is 67.8 Å². The van der Waals surface area contributed by atoms with Crippen LogP contribution in [0.15, 0.2) is 79.1 Å². The van der Waals surface area contributed by atoms with Crippen LogP contribution in [-0.2, 0) is 17.6 Å². The van der Waals surface area contributed by atoms with Crippen LogP contribution in [0.2, 0.25) is 0 Å². The number of H-pyrrole nitrogens is 1. The minimum Gasteiger partial charge on any atom is -0.508 e. The van der Waals surface area contributed by atoms with Crippen molar-refractivity contribution in [2.75, 3.05) is 0 Å². The summed E-state index contributed by atoms with van der Waals surface area (Å²) in [6.07, 6.45) is 3.30. The molecule has 0 aliphatic rings. The van der Waals surface area contributed by atoms with Gasteiger partial charge in [0.05, 0.1) is 18.2 Å². The molecule has 0 saturated carbocycles. The number of hydrogen-bond donors (Lipinski definition) is 4. The molecular weight excluding hydrogens is 514 g/mol. The zero-order valence-electron chi connectivity index (χ0n) is 21.5. The molecule has 0 aliphatic carbocycles. The number of halogens is 2. The Balaban J connectivity index is 1.51. The van der Waals surface area contributed by atoms with Crippen LogP contribution in [0.3, 0.4) is 0 Å². The lowest BCUT2D eigenvalue weighted by atomic mass is 9.94. The molecule has 9 heteroatoms. The van der Waals surface area contributed by atoms with Crippen molar-refractivity contribution in [3.8, 4) is 16.9 Å². The van der Waals surface area contributed by atoms with Crippen LogP contribution in [0.25, 0.3) is 22.0 Å². The Hall–Kier alpha value is -5.05. The zero-order valence-corrected chi connectivity index (χ0v) is 21.5. The molecule has 0 spiro atoms. The number of carbonyl (C=O) groups is 2. The average molecular weight is 541 g/mol. The fourth-order valence-corrected chi connectivity index (χ4v) is 4.85. The molecule has 0 aliphatic heterocycles. The molecule has 40 heavy (non-hydrogen) atoms. The number of phenolic OH excluding ortho intramolecular Hbond substituents is 1. The first kappa shape index (κ1) is 26.6. The van der Waals surface area contributed by atoms with Crippen molar-refractivity contribution < 1.29 is 23.5 Å². The summed E-state index contributed by atoms with van der Waals surface area (Å²) in [7, 11) is 0. The van der Waals surface area contributed by atoms with Gasteiger partial charge < -0.3 is 21.1 Å². The molecule has 0 radical (unpaired) electrons. The highest BCUT2D eigenvalue weighted by molar-refractivity contribution is 5.94. The quantitative estimate of drug-likeness (QED) is 0.214. The second-order valence-electron chi connectivity index (χ2n) is 9.66. The number of aromatic nitrogens is 2. The van der Waals surface area contributed by atoms with Gasteiger partial charge in [0.25, 0.3) is 0 Å². The van der Waals surface area contributed by atoms with E-state index in [9.17, 15) is 23.5 Å². The highest BCUT2D eigenvalue weighted by Crippen LogP contribution is 2.31. The SMILES string of the molecule is Cc1cc2[nH]cc(CC(=O)N[C@@H](Cc3cc(F)cc(F)c3)c3ncccc3-c3cccc(C(N)=O)c3)c2cc1O. The Morgan fingerprint density at radius 3 is 2.58 bits per heavy atom. The topological polar surface area (TPSA) is 121 Å². The van der Waals surface area contributed by atoms with Gasteiger partial charge >= 0.3 is 0 Å². The van der Waals surface area contributed by atoms with Crippen LogP contribution in [0.5, 0.6) is 5.75 Å². The molecule has 1 atom stereocenters. The van der Waals surface area contributed by atoms with Crippen molar-refractivity contribution in [1.82, 2.24) is 15.3 Å². The molecular formula is C31H26F2N4O3. The van der Waals surface area contributed by atoms with Gasteiger partial charge in [0.1, 0.15) is 17.4 Å². The van der Waals surface area contributed by atoms with Crippen molar-refractivity contribution in [1.29, 1.82) is 0 Å².